The summed E-state index contributed by atoms with van der Waals surface area (Å²) in [4.78, 5) is 29.9. The Labute approximate surface area is 174 Å². The first kappa shape index (κ1) is 20.9. The van der Waals surface area contributed by atoms with Crippen LogP contribution >= 0.6 is 11.6 Å². The summed E-state index contributed by atoms with van der Waals surface area (Å²) in [6.07, 6.45) is 0.402. The van der Waals surface area contributed by atoms with E-state index in [0.29, 0.717) is 29.2 Å². The van der Waals surface area contributed by atoms with Crippen molar-refractivity contribution in [2.24, 2.45) is 0 Å². The van der Waals surface area contributed by atoms with E-state index < -0.39 is 0 Å². The van der Waals surface area contributed by atoms with Crippen LogP contribution in [0.2, 0.25) is 5.02 Å². The Bertz CT molecular complexity index is 1090. The molecule has 3 rings (SSSR count). The van der Waals surface area contributed by atoms with E-state index in [1.807, 2.05) is 26.0 Å². The van der Waals surface area contributed by atoms with E-state index in [1.54, 1.807) is 24.3 Å². The van der Waals surface area contributed by atoms with Gasteiger partial charge in [0.25, 0.3) is 5.56 Å². The zero-order valence-electron chi connectivity index (χ0n) is 16.5. The lowest BCUT2D eigenvalue weighted by atomic mass is 10.0. The smallest absolute Gasteiger partial charge is 0.322 e. The summed E-state index contributed by atoms with van der Waals surface area (Å²) in [5, 5.41) is 13.4. The number of carbonyl (C=O) groups is 1. The molecular formula is C22H24ClN3O3. The fourth-order valence-electron chi connectivity index (χ4n) is 3.31. The molecule has 0 atom stereocenters. The summed E-state index contributed by atoms with van der Waals surface area (Å²) in [6.45, 7) is 4.34. The lowest BCUT2D eigenvalue weighted by Gasteiger charge is -2.23. The molecule has 0 aliphatic rings. The van der Waals surface area contributed by atoms with Crippen LogP contribution in [0.1, 0.15) is 23.1 Å². The van der Waals surface area contributed by atoms with Gasteiger partial charge in [-0.25, -0.2) is 4.79 Å². The minimum Gasteiger partial charge on any atom is -0.396 e. The molecule has 2 amide bonds. The number of nitrogens with one attached hydrogen (secondary N) is 2. The number of halogens is 1. The van der Waals surface area contributed by atoms with Crippen LogP contribution in [0.15, 0.2) is 47.3 Å². The molecule has 29 heavy (non-hydrogen) atoms. The van der Waals surface area contributed by atoms with Crippen molar-refractivity contribution in [1.82, 2.24) is 9.88 Å². The molecule has 152 valence electrons. The number of nitrogens with zero attached hydrogens (tertiary/aromatic N) is 1. The van der Waals surface area contributed by atoms with Crippen LogP contribution in [-0.4, -0.2) is 34.2 Å². The van der Waals surface area contributed by atoms with Gasteiger partial charge in [-0.05, 0) is 55.7 Å². The molecule has 0 fully saturated rings. The molecule has 6 nitrogen and oxygen atoms in total. The Morgan fingerprint density at radius 2 is 1.97 bits per heavy atom. The number of aromatic amines is 1. The molecule has 1 heterocycles. The van der Waals surface area contributed by atoms with Crippen LogP contribution in [0.4, 0.5) is 10.5 Å². The minimum atomic E-state index is -0.383. The Morgan fingerprint density at radius 1 is 1.21 bits per heavy atom. The number of H-pyrrole nitrogens is 1. The Morgan fingerprint density at radius 3 is 2.69 bits per heavy atom. The minimum absolute atomic E-state index is 0.0532. The number of urea groups is 1. The van der Waals surface area contributed by atoms with Crippen molar-refractivity contribution in [3.05, 3.63) is 74.5 Å². The maximum atomic E-state index is 12.8. The van der Waals surface area contributed by atoms with Gasteiger partial charge in [0, 0.05) is 29.6 Å². The van der Waals surface area contributed by atoms with Crippen molar-refractivity contribution >= 4 is 34.2 Å². The Kier molecular flexibility index (Phi) is 6.56. The van der Waals surface area contributed by atoms with Gasteiger partial charge in [-0.15, -0.1) is 0 Å². The van der Waals surface area contributed by atoms with E-state index in [1.165, 1.54) is 4.90 Å². The molecular weight excluding hydrogens is 390 g/mol. The highest BCUT2D eigenvalue weighted by atomic mass is 35.5. The third kappa shape index (κ3) is 4.96. The number of rotatable bonds is 6. The first-order chi connectivity index (χ1) is 13.9. The van der Waals surface area contributed by atoms with Gasteiger partial charge < -0.3 is 20.3 Å². The molecule has 3 aromatic rings. The number of anilines is 1. The summed E-state index contributed by atoms with van der Waals surface area (Å²) in [5.74, 6) is 0. The summed E-state index contributed by atoms with van der Waals surface area (Å²) in [7, 11) is 0. The normalized spacial score (nSPS) is 10.9. The molecule has 0 radical (unpaired) electrons. The predicted octanol–water partition coefficient (Wildman–Crippen LogP) is 4.21. The van der Waals surface area contributed by atoms with Crippen molar-refractivity contribution < 1.29 is 9.90 Å². The SMILES string of the molecule is Cc1cc(C)c2cc(CN(CCCO)C(=O)Nc3ccccc3Cl)c(=O)[nH]c2c1. The molecule has 0 aliphatic carbocycles. The fourth-order valence-corrected chi connectivity index (χ4v) is 3.49. The molecule has 2 aromatic carbocycles. The van der Waals surface area contributed by atoms with Crippen LogP contribution in [0.25, 0.3) is 10.9 Å². The largest absolute Gasteiger partial charge is 0.396 e. The van der Waals surface area contributed by atoms with Crippen molar-refractivity contribution in [1.29, 1.82) is 0 Å². The Balaban J connectivity index is 1.90. The highest BCUT2D eigenvalue weighted by molar-refractivity contribution is 6.33. The van der Waals surface area contributed by atoms with Crippen molar-refractivity contribution in [2.75, 3.05) is 18.5 Å². The summed E-state index contributed by atoms with van der Waals surface area (Å²) < 4.78 is 0. The fraction of sp³-hybridized carbons (Fsp3) is 0.273. The van der Waals surface area contributed by atoms with Crippen LogP contribution in [0.5, 0.6) is 0 Å². The highest BCUT2D eigenvalue weighted by Gasteiger charge is 2.17. The third-order valence-corrected chi connectivity index (χ3v) is 5.07. The van der Waals surface area contributed by atoms with Gasteiger partial charge in [0.2, 0.25) is 0 Å². The van der Waals surface area contributed by atoms with E-state index in [9.17, 15) is 14.7 Å². The third-order valence-electron chi connectivity index (χ3n) is 4.74. The van der Waals surface area contributed by atoms with E-state index >= 15 is 0 Å². The number of carbonyl (C=O) groups excluding carboxylic acids is 1. The molecule has 0 saturated heterocycles. The summed E-state index contributed by atoms with van der Waals surface area (Å²) >= 11 is 6.13. The van der Waals surface area contributed by atoms with Gasteiger partial charge in [0.05, 0.1) is 17.3 Å². The van der Waals surface area contributed by atoms with E-state index in [-0.39, 0.29) is 24.7 Å². The number of pyridine rings is 1. The van der Waals surface area contributed by atoms with Crippen molar-refractivity contribution in [3.8, 4) is 0 Å². The van der Waals surface area contributed by atoms with Gasteiger partial charge >= 0.3 is 6.03 Å². The maximum Gasteiger partial charge on any atom is 0.322 e. The molecule has 3 N–H and O–H groups in total. The van der Waals surface area contributed by atoms with Gasteiger partial charge in [0.1, 0.15) is 0 Å². The van der Waals surface area contributed by atoms with Crippen LogP contribution in [-0.2, 0) is 6.54 Å². The second-order valence-corrected chi connectivity index (χ2v) is 7.48. The standard InChI is InChI=1S/C22H24ClN3O3/c1-14-10-15(2)17-12-16(21(28)24-20(17)11-14)13-26(8-5-9-27)22(29)25-19-7-4-3-6-18(19)23/h3-4,6-7,10-12,27H,5,8-9,13H2,1-2H3,(H,24,28)(H,25,29). The van der Waals surface area contributed by atoms with Gasteiger partial charge in [-0.1, -0.05) is 29.8 Å². The second kappa shape index (κ2) is 9.11. The van der Waals surface area contributed by atoms with Gasteiger partial charge in [-0.3, -0.25) is 4.79 Å². The summed E-state index contributed by atoms with van der Waals surface area (Å²) in [5.41, 5.74) is 3.64. The van der Waals surface area contributed by atoms with Crippen LogP contribution in [0, 0.1) is 13.8 Å². The van der Waals surface area contributed by atoms with Crippen molar-refractivity contribution in [2.45, 2.75) is 26.8 Å². The number of aliphatic hydroxyl groups excluding tert-OH is 1. The number of aliphatic hydroxyl groups is 1. The lowest BCUT2D eigenvalue weighted by Crippen LogP contribution is -2.37. The molecule has 7 heteroatoms. The van der Waals surface area contributed by atoms with Crippen molar-refractivity contribution in [3.63, 3.8) is 0 Å². The number of aryl methyl sites for hydroxylation is 2. The topological polar surface area (TPSA) is 85.4 Å². The van der Waals surface area contributed by atoms with Gasteiger partial charge in [0.15, 0.2) is 0 Å². The number of amides is 2. The quantitative estimate of drug-likeness (QED) is 0.565. The first-order valence-corrected chi connectivity index (χ1v) is 9.81. The Hall–Kier alpha value is -2.83. The maximum absolute atomic E-state index is 12.8. The lowest BCUT2D eigenvalue weighted by molar-refractivity contribution is 0.199. The second-order valence-electron chi connectivity index (χ2n) is 7.08. The number of hydrogen-bond donors (Lipinski definition) is 3. The predicted molar refractivity (Wildman–Crippen MR) is 117 cm³/mol. The summed E-state index contributed by atoms with van der Waals surface area (Å²) in [6, 6.07) is 12.4. The zero-order chi connectivity index (χ0) is 21.0. The number of hydrogen-bond acceptors (Lipinski definition) is 3. The zero-order valence-corrected chi connectivity index (χ0v) is 17.2. The van der Waals surface area contributed by atoms with E-state index in [0.717, 1.165) is 22.0 Å². The van der Waals surface area contributed by atoms with Gasteiger partial charge in [-0.2, -0.15) is 0 Å². The van der Waals surface area contributed by atoms with Crippen LogP contribution in [0.3, 0.4) is 0 Å². The average molecular weight is 414 g/mol. The van der Waals surface area contributed by atoms with Crippen LogP contribution < -0.4 is 10.9 Å². The molecule has 0 spiro atoms. The molecule has 0 aliphatic heterocycles. The highest BCUT2D eigenvalue weighted by Crippen LogP contribution is 2.22. The monoisotopic (exact) mass is 413 g/mol. The molecule has 0 saturated carbocycles. The number of aromatic nitrogens is 1. The molecule has 1 aromatic heterocycles. The average Bonchev–Trinajstić information content (AvgIpc) is 2.67. The first-order valence-electron chi connectivity index (χ1n) is 9.43. The molecule has 0 unspecified atom stereocenters. The number of para-hydroxylation sites is 1. The number of benzene rings is 2. The van der Waals surface area contributed by atoms with E-state index in [4.69, 9.17) is 11.6 Å². The van der Waals surface area contributed by atoms with E-state index in [2.05, 4.69) is 16.4 Å². The number of fused-ring (bicyclic) bond motifs is 1. The molecule has 0 bridgehead atoms.